The topological polar surface area (TPSA) is 50.4 Å². The number of ether oxygens (including phenoxy) is 1. The molecule has 134 valence electrons. The minimum absolute atomic E-state index is 0.00203. The molecule has 0 radical (unpaired) electrons. The first-order valence-corrected chi connectivity index (χ1v) is 8.23. The Morgan fingerprint density at radius 1 is 1.25 bits per heavy atom. The maximum absolute atomic E-state index is 12.3. The summed E-state index contributed by atoms with van der Waals surface area (Å²) in [5.74, 6) is -0.203. The molecule has 2 rings (SSSR count). The molecule has 24 heavy (non-hydrogen) atoms. The van der Waals surface area contributed by atoms with Crippen molar-refractivity contribution in [2.75, 3.05) is 18.5 Å². The first-order chi connectivity index (χ1) is 11.3. The molecule has 0 heterocycles. The average Bonchev–Trinajstić information content (AvgIpc) is 2.52. The molecule has 0 atom stereocenters. The summed E-state index contributed by atoms with van der Waals surface area (Å²) in [6.07, 6.45) is 0.873. The summed E-state index contributed by atoms with van der Waals surface area (Å²) in [6.45, 7) is -1.46. The number of amides is 1. The highest BCUT2D eigenvalue weighted by Crippen LogP contribution is 2.29. The van der Waals surface area contributed by atoms with Crippen LogP contribution >= 0.6 is 11.6 Å². The molecule has 1 aromatic carbocycles. The zero-order valence-electron chi connectivity index (χ0n) is 13.1. The van der Waals surface area contributed by atoms with E-state index in [1.165, 1.54) is 24.6 Å². The molecular weight excluding hydrogens is 345 g/mol. The van der Waals surface area contributed by atoms with Gasteiger partial charge in [0.15, 0.2) is 6.61 Å². The van der Waals surface area contributed by atoms with Crippen LogP contribution in [0, 0.1) is 0 Å². The molecule has 4 nitrogen and oxygen atoms in total. The molecule has 1 saturated carbocycles. The lowest BCUT2D eigenvalue weighted by atomic mass is 9.95. The molecule has 1 aliphatic carbocycles. The van der Waals surface area contributed by atoms with Gasteiger partial charge >= 0.3 is 6.18 Å². The maximum Gasteiger partial charge on any atom is 0.422 e. The minimum Gasteiger partial charge on any atom is -0.482 e. The Labute approximate surface area is 143 Å². The molecule has 8 heteroatoms. The molecule has 0 aromatic heterocycles. The van der Waals surface area contributed by atoms with E-state index in [0.29, 0.717) is 5.02 Å². The lowest BCUT2D eigenvalue weighted by Crippen LogP contribution is -2.39. The van der Waals surface area contributed by atoms with E-state index in [1.807, 2.05) is 0 Å². The number of carbonyl (C=O) groups is 1. The van der Waals surface area contributed by atoms with Crippen molar-refractivity contribution >= 4 is 23.2 Å². The molecule has 1 aliphatic rings. The molecule has 0 aliphatic heterocycles. The van der Waals surface area contributed by atoms with Gasteiger partial charge in [-0.2, -0.15) is 13.2 Å². The van der Waals surface area contributed by atoms with Gasteiger partial charge in [0.05, 0.1) is 12.2 Å². The van der Waals surface area contributed by atoms with E-state index in [2.05, 4.69) is 10.6 Å². The molecule has 2 N–H and O–H groups in total. The summed E-state index contributed by atoms with van der Waals surface area (Å²) in [7, 11) is 0. The van der Waals surface area contributed by atoms with Crippen molar-refractivity contribution in [1.29, 1.82) is 0 Å². The van der Waals surface area contributed by atoms with Crippen molar-refractivity contribution < 1.29 is 22.7 Å². The predicted molar refractivity (Wildman–Crippen MR) is 86.5 cm³/mol. The molecule has 0 saturated heterocycles. The lowest BCUT2D eigenvalue weighted by molar-refractivity contribution is -0.153. The molecule has 1 fully saturated rings. The van der Waals surface area contributed by atoms with Crippen molar-refractivity contribution in [3.63, 3.8) is 0 Å². The number of hydrogen-bond acceptors (Lipinski definition) is 3. The molecule has 0 bridgehead atoms. The van der Waals surface area contributed by atoms with E-state index in [1.54, 1.807) is 0 Å². The van der Waals surface area contributed by atoms with Crippen LogP contribution in [-0.2, 0) is 4.79 Å². The second-order valence-electron chi connectivity index (χ2n) is 5.80. The van der Waals surface area contributed by atoms with Gasteiger partial charge in [0.1, 0.15) is 5.75 Å². The maximum atomic E-state index is 12.3. The van der Waals surface area contributed by atoms with Crippen molar-refractivity contribution in [2.45, 2.75) is 44.3 Å². The van der Waals surface area contributed by atoms with Crippen molar-refractivity contribution in [3.05, 3.63) is 23.2 Å². The summed E-state index contributed by atoms with van der Waals surface area (Å²) in [5.41, 5.74) is 0.255. The number of alkyl halides is 3. The summed E-state index contributed by atoms with van der Waals surface area (Å²) >= 11 is 5.86. The third-order valence-corrected chi connectivity index (χ3v) is 3.98. The van der Waals surface area contributed by atoms with E-state index in [9.17, 15) is 18.0 Å². The highest BCUT2D eigenvalue weighted by atomic mass is 35.5. The normalized spacial score (nSPS) is 15.8. The van der Waals surface area contributed by atoms with E-state index >= 15 is 0 Å². The predicted octanol–water partition coefficient (Wildman–Crippen LogP) is 4.14. The van der Waals surface area contributed by atoms with Gasteiger partial charge in [0.2, 0.25) is 5.91 Å². The van der Waals surface area contributed by atoms with Crippen LogP contribution in [0.4, 0.5) is 18.9 Å². The van der Waals surface area contributed by atoms with Crippen molar-refractivity contribution in [3.8, 4) is 5.75 Å². The third-order valence-electron chi connectivity index (χ3n) is 3.74. The number of anilines is 1. The van der Waals surface area contributed by atoms with Crippen molar-refractivity contribution in [2.24, 2.45) is 0 Å². The summed E-state index contributed by atoms with van der Waals surface area (Å²) in [5, 5.41) is 6.05. The molecule has 1 amide bonds. The Morgan fingerprint density at radius 2 is 1.96 bits per heavy atom. The van der Waals surface area contributed by atoms with Crippen LogP contribution < -0.4 is 15.4 Å². The van der Waals surface area contributed by atoms with E-state index < -0.39 is 12.8 Å². The van der Waals surface area contributed by atoms with Gasteiger partial charge < -0.3 is 15.4 Å². The fourth-order valence-electron chi connectivity index (χ4n) is 2.63. The first kappa shape index (κ1) is 18.7. The van der Waals surface area contributed by atoms with Crippen LogP contribution in [0.1, 0.15) is 32.1 Å². The highest BCUT2D eigenvalue weighted by Gasteiger charge is 2.29. The third kappa shape index (κ3) is 6.47. The van der Waals surface area contributed by atoms with Gasteiger partial charge in [0, 0.05) is 11.1 Å². The van der Waals surface area contributed by atoms with E-state index in [4.69, 9.17) is 16.3 Å². The number of carbonyl (C=O) groups excluding carboxylic acids is 1. The van der Waals surface area contributed by atoms with E-state index in [0.717, 1.165) is 25.7 Å². The number of nitrogens with one attached hydrogen (secondary N) is 2. The Kier molecular flexibility index (Phi) is 6.60. The summed E-state index contributed by atoms with van der Waals surface area (Å²) in [4.78, 5) is 12.0. The fourth-order valence-corrected chi connectivity index (χ4v) is 2.80. The quantitative estimate of drug-likeness (QED) is 0.797. The van der Waals surface area contributed by atoms with Crippen molar-refractivity contribution in [1.82, 2.24) is 5.32 Å². The summed E-state index contributed by atoms with van der Waals surface area (Å²) in [6, 6.07) is 4.38. The Bertz CT molecular complexity index is 561. The largest absolute Gasteiger partial charge is 0.482 e. The fraction of sp³-hybridized carbons (Fsp3) is 0.562. The van der Waals surface area contributed by atoms with Crippen LogP contribution in [0.3, 0.4) is 0 Å². The second-order valence-corrected chi connectivity index (χ2v) is 6.24. The second kappa shape index (κ2) is 8.46. The Hall–Kier alpha value is -1.63. The lowest BCUT2D eigenvalue weighted by Gasteiger charge is -2.23. The van der Waals surface area contributed by atoms with Crippen LogP contribution in [-0.4, -0.2) is 31.3 Å². The molecule has 0 spiro atoms. The zero-order valence-corrected chi connectivity index (χ0v) is 13.8. The molecule has 1 aromatic rings. The van der Waals surface area contributed by atoms with Gasteiger partial charge in [-0.1, -0.05) is 30.9 Å². The Balaban J connectivity index is 1.90. The van der Waals surface area contributed by atoms with Crippen LogP contribution in [0.2, 0.25) is 5.02 Å². The minimum atomic E-state index is -4.44. The zero-order chi connectivity index (χ0) is 17.6. The number of rotatable bonds is 6. The average molecular weight is 365 g/mol. The molecular formula is C16H20ClF3N2O2. The highest BCUT2D eigenvalue weighted by molar-refractivity contribution is 6.30. The smallest absolute Gasteiger partial charge is 0.422 e. The van der Waals surface area contributed by atoms with Gasteiger partial charge in [-0.3, -0.25) is 4.79 Å². The Morgan fingerprint density at radius 3 is 2.62 bits per heavy atom. The summed E-state index contributed by atoms with van der Waals surface area (Å²) < 4.78 is 41.6. The van der Waals surface area contributed by atoms with Crippen LogP contribution in [0.25, 0.3) is 0 Å². The van der Waals surface area contributed by atoms with Gasteiger partial charge in [-0.05, 0) is 31.0 Å². The first-order valence-electron chi connectivity index (χ1n) is 7.86. The monoisotopic (exact) mass is 364 g/mol. The SMILES string of the molecule is O=C(CNc1cc(Cl)ccc1OCC(F)(F)F)NC1CCCCC1. The molecule has 0 unspecified atom stereocenters. The number of benzene rings is 1. The number of halogens is 4. The van der Waals surface area contributed by atoms with E-state index in [-0.39, 0.29) is 29.9 Å². The van der Waals surface area contributed by atoms with Crippen LogP contribution in [0.15, 0.2) is 18.2 Å². The standard InChI is InChI=1S/C16H20ClF3N2O2/c17-11-6-7-14(24-10-16(18,19)20)13(8-11)21-9-15(23)22-12-4-2-1-3-5-12/h6-8,12,21H,1-5,9-10H2,(H,22,23). The van der Waals surface area contributed by atoms with Gasteiger partial charge in [-0.15, -0.1) is 0 Å². The number of hydrogen-bond donors (Lipinski definition) is 2. The van der Waals surface area contributed by atoms with Crippen LogP contribution in [0.5, 0.6) is 5.75 Å². The van der Waals surface area contributed by atoms with Gasteiger partial charge in [-0.25, -0.2) is 0 Å². The van der Waals surface area contributed by atoms with Gasteiger partial charge in [0.25, 0.3) is 0 Å².